The number of nitrogens with one attached hydrogen (secondary N) is 2. The Bertz CT molecular complexity index is 1390. The van der Waals surface area contributed by atoms with Gasteiger partial charge in [0.05, 0.1) is 6.33 Å². The summed E-state index contributed by atoms with van der Waals surface area (Å²) < 4.78 is 2.18. The largest absolute Gasteiger partial charge is 0.338 e. The summed E-state index contributed by atoms with van der Waals surface area (Å²) in [5, 5.41) is 6.16. The van der Waals surface area contributed by atoms with Gasteiger partial charge < -0.3 is 15.2 Å². The number of hydrogen-bond acceptors (Lipinski definition) is 6. The van der Waals surface area contributed by atoms with E-state index in [-0.39, 0.29) is 11.7 Å². The lowest BCUT2D eigenvalue weighted by Crippen LogP contribution is -2.12. The highest BCUT2D eigenvalue weighted by Gasteiger charge is 2.21. The summed E-state index contributed by atoms with van der Waals surface area (Å²) in [6, 6.07) is 15.2. The highest BCUT2D eigenvalue weighted by atomic mass is 16.1. The first kappa shape index (κ1) is 22.7. The van der Waals surface area contributed by atoms with Crippen molar-refractivity contribution in [3.05, 3.63) is 60.4 Å². The van der Waals surface area contributed by atoms with Crippen LogP contribution in [-0.4, -0.2) is 31.2 Å². The number of nitrogens with zero attached hydrogens (tertiary/aromatic N) is 4. The monoisotopic (exact) mass is 468 g/mol. The van der Waals surface area contributed by atoms with Crippen molar-refractivity contribution >= 4 is 40.0 Å². The standard InChI is InChI=1S/C27H28N6O2/c1-17(34)19-7-6-8-20(15-19)25-31-26(30-22-13-11-21(12-14-22)29-18(2)35)24-27(32-25)33(16-28-24)23-9-4-3-5-10-23/h6-8,11-16,23H,3-5,9-10H2,1-2H3,(H,29,35)(H,30,31,32). The molecule has 4 aromatic rings. The van der Waals surface area contributed by atoms with E-state index >= 15 is 0 Å². The number of aromatic nitrogens is 4. The summed E-state index contributed by atoms with van der Waals surface area (Å²) in [6.45, 7) is 3.04. The molecular formula is C27H28N6O2. The SMILES string of the molecule is CC(=O)Nc1ccc(Nc2nc(-c3cccc(C(C)=O)c3)nc3c2ncn3C2CCCCC2)cc1. The van der Waals surface area contributed by atoms with Gasteiger partial charge in [0.25, 0.3) is 0 Å². The molecule has 0 unspecified atom stereocenters. The predicted molar refractivity (Wildman–Crippen MR) is 137 cm³/mol. The second-order valence-corrected chi connectivity index (χ2v) is 9.03. The maximum atomic E-state index is 12.0. The lowest BCUT2D eigenvalue weighted by Gasteiger charge is -2.23. The van der Waals surface area contributed by atoms with Gasteiger partial charge in [0.2, 0.25) is 5.91 Å². The Balaban J connectivity index is 1.59. The number of carbonyl (C=O) groups excluding carboxylic acids is 2. The first-order chi connectivity index (χ1) is 17.0. The summed E-state index contributed by atoms with van der Waals surface area (Å²) in [7, 11) is 0. The van der Waals surface area contributed by atoms with Gasteiger partial charge in [-0.15, -0.1) is 0 Å². The molecule has 2 aromatic heterocycles. The van der Waals surface area contributed by atoms with Gasteiger partial charge in [-0.05, 0) is 50.1 Å². The van der Waals surface area contributed by atoms with Crippen LogP contribution in [0.15, 0.2) is 54.9 Å². The van der Waals surface area contributed by atoms with Gasteiger partial charge in [-0.1, -0.05) is 37.5 Å². The van der Waals surface area contributed by atoms with E-state index in [9.17, 15) is 9.59 Å². The van der Waals surface area contributed by atoms with Crippen LogP contribution < -0.4 is 10.6 Å². The molecule has 5 rings (SSSR count). The molecule has 2 N–H and O–H groups in total. The normalized spacial score (nSPS) is 14.1. The van der Waals surface area contributed by atoms with E-state index in [0.717, 1.165) is 35.4 Å². The number of carbonyl (C=O) groups is 2. The molecule has 1 aliphatic carbocycles. The van der Waals surface area contributed by atoms with Crippen LogP contribution in [0.1, 0.15) is 62.4 Å². The molecule has 2 aromatic carbocycles. The Morgan fingerprint density at radius 2 is 1.69 bits per heavy atom. The van der Waals surface area contributed by atoms with Crippen LogP contribution in [0.4, 0.5) is 17.2 Å². The zero-order valence-electron chi connectivity index (χ0n) is 19.9. The fraction of sp³-hybridized carbons (Fsp3) is 0.296. The van der Waals surface area contributed by atoms with Crippen LogP contribution in [-0.2, 0) is 4.79 Å². The molecule has 0 bridgehead atoms. The van der Waals surface area contributed by atoms with Gasteiger partial charge >= 0.3 is 0 Å². The van der Waals surface area contributed by atoms with E-state index in [1.165, 1.54) is 26.2 Å². The summed E-state index contributed by atoms with van der Waals surface area (Å²) >= 11 is 0. The summed E-state index contributed by atoms with van der Waals surface area (Å²) in [5.74, 6) is 1.02. The molecule has 0 aliphatic heterocycles. The van der Waals surface area contributed by atoms with Crippen LogP contribution in [0.3, 0.4) is 0 Å². The van der Waals surface area contributed by atoms with Crippen molar-refractivity contribution in [2.75, 3.05) is 10.6 Å². The highest BCUT2D eigenvalue weighted by molar-refractivity contribution is 5.95. The number of imidazole rings is 1. The Morgan fingerprint density at radius 1 is 0.943 bits per heavy atom. The number of Topliss-reactive ketones (excluding diaryl/α,β-unsaturated/α-hetero) is 1. The molecule has 35 heavy (non-hydrogen) atoms. The van der Waals surface area contributed by atoms with E-state index in [4.69, 9.17) is 15.0 Å². The zero-order valence-corrected chi connectivity index (χ0v) is 19.9. The molecule has 8 nitrogen and oxygen atoms in total. The smallest absolute Gasteiger partial charge is 0.221 e. The maximum absolute atomic E-state index is 12.0. The van der Waals surface area contributed by atoms with Crippen molar-refractivity contribution in [2.24, 2.45) is 0 Å². The van der Waals surface area contributed by atoms with Gasteiger partial charge in [0.1, 0.15) is 0 Å². The molecule has 0 saturated heterocycles. The van der Waals surface area contributed by atoms with Crippen molar-refractivity contribution in [3.8, 4) is 11.4 Å². The topological polar surface area (TPSA) is 102 Å². The van der Waals surface area contributed by atoms with E-state index < -0.39 is 0 Å². The molecule has 2 heterocycles. The zero-order chi connectivity index (χ0) is 24.4. The molecule has 8 heteroatoms. The molecule has 0 radical (unpaired) electrons. The molecule has 1 fully saturated rings. The summed E-state index contributed by atoms with van der Waals surface area (Å²) in [5.41, 5.74) is 4.42. The summed E-state index contributed by atoms with van der Waals surface area (Å²) in [4.78, 5) is 37.7. The third-order valence-corrected chi connectivity index (χ3v) is 6.38. The van der Waals surface area contributed by atoms with Gasteiger partial charge in [-0.3, -0.25) is 9.59 Å². The summed E-state index contributed by atoms with van der Waals surface area (Å²) in [6.07, 6.45) is 7.76. The Kier molecular flexibility index (Phi) is 6.27. The maximum Gasteiger partial charge on any atom is 0.221 e. The number of rotatable bonds is 6. The number of hydrogen-bond donors (Lipinski definition) is 2. The van der Waals surface area contributed by atoms with Crippen LogP contribution in [0, 0.1) is 0 Å². The van der Waals surface area contributed by atoms with E-state index in [2.05, 4.69) is 15.2 Å². The van der Waals surface area contributed by atoms with E-state index in [1.54, 1.807) is 13.0 Å². The highest BCUT2D eigenvalue weighted by Crippen LogP contribution is 2.33. The lowest BCUT2D eigenvalue weighted by atomic mass is 9.95. The van der Waals surface area contributed by atoms with Gasteiger partial charge in [0, 0.05) is 35.5 Å². The molecular weight excluding hydrogens is 440 g/mol. The second kappa shape index (κ2) is 9.66. The fourth-order valence-electron chi connectivity index (χ4n) is 4.61. The van der Waals surface area contributed by atoms with Crippen LogP contribution >= 0.6 is 0 Å². The minimum Gasteiger partial charge on any atom is -0.338 e. The number of fused-ring (bicyclic) bond motifs is 1. The molecule has 178 valence electrons. The van der Waals surface area contributed by atoms with Crippen molar-refractivity contribution in [1.29, 1.82) is 0 Å². The molecule has 1 aliphatic rings. The number of amides is 1. The predicted octanol–water partition coefficient (Wildman–Crippen LogP) is 5.90. The van der Waals surface area contributed by atoms with Gasteiger partial charge in [-0.2, -0.15) is 0 Å². The molecule has 0 spiro atoms. The Hall–Kier alpha value is -4.07. The minimum absolute atomic E-state index is 0.00205. The number of benzene rings is 2. The van der Waals surface area contributed by atoms with E-state index in [1.807, 2.05) is 48.8 Å². The first-order valence-electron chi connectivity index (χ1n) is 12.0. The molecule has 1 amide bonds. The van der Waals surface area contributed by atoms with Crippen LogP contribution in [0.2, 0.25) is 0 Å². The minimum atomic E-state index is -0.117. The third-order valence-electron chi connectivity index (χ3n) is 6.38. The Morgan fingerprint density at radius 3 is 2.40 bits per heavy atom. The van der Waals surface area contributed by atoms with Gasteiger partial charge in [0.15, 0.2) is 28.6 Å². The van der Waals surface area contributed by atoms with Crippen LogP contribution in [0.5, 0.6) is 0 Å². The average Bonchev–Trinajstić information content (AvgIpc) is 3.30. The third kappa shape index (κ3) is 4.91. The number of ketones is 1. The van der Waals surface area contributed by atoms with E-state index in [0.29, 0.717) is 28.8 Å². The van der Waals surface area contributed by atoms with Crippen molar-refractivity contribution < 1.29 is 9.59 Å². The van der Waals surface area contributed by atoms with Crippen LogP contribution in [0.25, 0.3) is 22.6 Å². The molecule has 0 atom stereocenters. The first-order valence-corrected chi connectivity index (χ1v) is 12.0. The Labute approximate surface area is 203 Å². The van der Waals surface area contributed by atoms with Crippen molar-refractivity contribution in [1.82, 2.24) is 19.5 Å². The number of anilines is 3. The molecule has 1 saturated carbocycles. The quantitative estimate of drug-likeness (QED) is 0.342. The average molecular weight is 469 g/mol. The fourth-order valence-corrected chi connectivity index (χ4v) is 4.61. The lowest BCUT2D eigenvalue weighted by molar-refractivity contribution is -0.114. The van der Waals surface area contributed by atoms with Gasteiger partial charge in [-0.25, -0.2) is 15.0 Å². The van der Waals surface area contributed by atoms with Crippen molar-refractivity contribution in [2.45, 2.75) is 52.0 Å². The van der Waals surface area contributed by atoms with Crippen molar-refractivity contribution in [3.63, 3.8) is 0 Å². The second-order valence-electron chi connectivity index (χ2n) is 9.03.